The van der Waals surface area contributed by atoms with Gasteiger partial charge in [0.05, 0.1) is 0 Å². The van der Waals surface area contributed by atoms with E-state index in [1.54, 1.807) is 0 Å². The summed E-state index contributed by atoms with van der Waals surface area (Å²) < 4.78 is 0. The van der Waals surface area contributed by atoms with Gasteiger partial charge in [-0.05, 0) is 5.29 Å². The van der Waals surface area contributed by atoms with Crippen molar-refractivity contribution in [3.63, 3.8) is 0 Å². The lowest BCUT2D eigenvalue weighted by atomic mass is 11.5. The van der Waals surface area contributed by atoms with Gasteiger partial charge in [0, 0.05) is 20.5 Å². The Labute approximate surface area is 32.4 Å². The second kappa shape index (κ2) is 1.69. The molecule has 4 heavy (non-hydrogen) atoms. The van der Waals surface area contributed by atoms with Crippen molar-refractivity contribution in [1.82, 2.24) is 0 Å². The van der Waals surface area contributed by atoms with E-state index in [2.05, 4.69) is 20.5 Å². The molecular weight excluding hydrogens is 82.2 g/mol. The van der Waals surface area contributed by atoms with Crippen LogP contribution in [-0.4, -0.2) is 25.8 Å². The second-order valence-electron chi connectivity index (χ2n) is 0.478. The smallest absolute Gasteiger partial charge is 0.0416 e. The molecule has 0 saturated carbocycles. The molecular formula is CH3NSi2. The van der Waals surface area contributed by atoms with Crippen molar-refractivity contribution in [3.05, 3.63) is 0 Å². The Bertz CT molecular complexity index is 10.8. The monoisotopic (exact) mass is 85.0 g/mol. The number of rotatable bonds is 0. The van der Waals surface area contributed by atoms with Crippen molar-refractivity contribution in [2.24, 2.45) is 5.73 Å². The average molecular weight is 85.2 g/mol. The molecule has 0 amide bonds. The number of hydrogen-bond donors (Lipinski definition) is 1. The van der Waals surface area contributed by atoms with E-state index < -0.39 is 0 Å². The highest BCUT2D eigenvalue weighted by Gasteiger charge is 1.69. The summed E-state index contributed by atoms with van der Waals surface area (Å²) in [5.74, 6) is 0. The van der Waals surface area contributed by atoms with Crippen molar-refractivity contribution in [1.29, 1.82) is 0 Å². The number of hydrogen-bond acceptors (Lipinski definition) is 1. The fourth-order valence-electron chi connectivity index (χ4n) is 0. The van der Waals surface area contributed by atoms with E-state index >= 15 is 0 Å². The van der Waals surface area contributed by atoms with E-state index in [0.29, 0.717) is 0 Å². The van der Waals surface area contributed by atoms with Crippen LogP contribution in [0.1, 0.15) is 0 Å². The molecule has 0 aromatic heterocycles. The highest BCUT2D eigenvalue weighted by atomic mass is 28.2. The minimum Gasteiger partial charge on any atom is -0.334 e. The first-order chi connectivity index (χ1) is 1.73. The molecule has 0 aromatic carbocycles. The van der Waals surface area contributed by atoms with Gasteiger partial charge in [-0.25, -0.2) is 0 Å². The van der Waals surface area contributed by atoms with E-state index in [-0.39, 0.29) is 5.29 Å². The van der Waals surface area contributed by atoms with E-state index in [1.807, 2.05) is 0 Å². The molecule has 0 aliphatic carbocycles. The molecule has 0 saturated heterocycles. The number of nitrogens with two attached hydrogens (primary N) is 1. The van der Waals surface area contributed by atoms with Gasteiger partial charge in [0.25, 0.3) is 0 Å². The van der Waals surface area contributed by atoms with Crippen LogP contribution in [0.3, 0.4) is 0 Å². The topological polar surface area (TPSA) is 26.0 Å². The minimum absolute atomic E-state index is 0.0556. The molecule has 0 heterocycles. The second-order valence-corrected chi connectivity index (χ2v) is 2.30. The van der Waals surface area contributed by atoms with Crippen LogP contribution < -0.4 is 5.73 Å². The van der Waals surface area contributed by atoms with Gasteiger partial charge in [-0.3, -0.25) is 0 Å². The largest absolute Gasteiger partial charge is 0.334 e. The van der Waals surface area contributed by atoms with Crippen LogP contribution in [0.15, 0.2) is 0 Å². The molecule has 0 aliphatic rings. The van der Waals surface area contributed by atoms with Gasteiger partial charge in [-0.15, -0.1) is 0 Å². The lowest BCUT2D eigenvalue weighted by Gasteiger charge is -1.79. The molecule has 0 spiro atoms. The molecule has 20 valence electrons. The summed E-state index contributed by atoms with van der Waals surface area (Å²) >= 11 is 0. The lowest BCUT2D eigenvalue weighted by molar-refractivity contribution is 1.27. The maximum atomic E-state index is 4.94. The van der Waals surface area contributed by atoms with Gasteiger partial charge >= 0.3 is 0 Å². The minimum atomic E-state index is -0.0556. The molecule has 2 N–H and O–H groups in total. The Morgan fingerprint density at radius 1 is 1.50 bits per heavy atom. The van der Waals surface area contributed by atoms with Crippen LogP contribution in [0, 0.1) is 0 Å². The average Bonchev–Trinajstić information content (AvgIpc) is 0.811. The first-order valence-electron chi connectivity index (χ1n) is 0.911. The van der Waals surface area contributed by atoms with Crippen LogP contribution in [0.4, 0.5) is 0 Å². The van der Waals surface area contributed by atoms with E-state index in [0.717, 1.165) is 0 Å². The zero-order valence-electron chi connectivity index (χ0n) is 2.15. The summed E-state index contributed by atoms with van der Waals surface area (Å²) in [6, 6.07) is 0. The zero-order valence-corrected chi connectivity index (χ0v) is 4.15. The first-order valence-corrected chi connectivity index (χ1v) is 2.07. The van der Waals surface area contributed by atoms with Gasteiger partial charge in [-0.2, -0.15) is 0 Å². The maximum Gasteiger partial charge on any atom is 0.0416 e. The highest BCUT2D eigenvalue weighted by molar-refractivity contribution is 6.35. The SMILES string of the molecule is NC([Si])[Si]. The van der Waals surface area contributed by atoms with E-state index in [9.17, 15) is 0 Å². The molecule has 0 unspecified atom stereocenters. The fraction of sp³-hybridized carbons (Fsp3) is 1.00. The Morgan fingerprint density at radius 3 is 1.50 bits per heavy atom. The fourth-order valence-corrected chi connectivity index (χ4v) is 0. The molecule has 0 rings (SSSR count). The molecule has 0 fully saturated rings. The third kappa shape index (κ3) is 30.0. The Balaban J connectivity index is 2.32. The summed E-state index contributed by atoms with van der Waals surface area (Å²) in [6.45, 7) is 0. The van der Waals surface area contributed by atoms with Gasteiger partial charge in [0.2, 0.25) is 0 Å². The van der Waals surface area contributed by atoms with Crippen molar-refractivity contribution in [2.45, 2.75) is 5.29 Å². The van der Waals surface area contributed by atoms with Crippen molar-refractivity contribution < 1.29 is 0 Å². The predicted molar refractivity (Wildman–Crippen MR) is 19.5 cm³/mol. The van der Waals surface area contributed by atoms with Crippen LogP contribution in [0.25, 0.3) is 0 Å². The van der Waals surface area contributed by atoms with Crippen LogP contribution in [0.5, 0.6) is 0 Å². The summed E-state index contributed by atoms with van der Waals surface area (Å²) in [4.78, 5) is 0. The molecule has 6 radical (unpaired) electrons. The summed E-state index contributed by atoms with van der Waals surface area (Å²) in [5, 5.41) is -0.0556. The Morgan fingerprint density at radius 2 is 1.50 bits per heavy atom. The van der Waals surface area contributed by atoms with Crippen molar-refractivity contribution >= 4 is 20.5 Å². The highest BCUT2D eigenvalue weighted by Crippen LogP contribution is 1.36. The summed E-state index contributed by atoms with van der Waals surface area (Å²) in [7, 11) is 6.01. The Hall–Kier alpha value is 0.394. The van der Waals surface area contributed by atoms with Gasteiger partial charge in [0.15, 0.2) is 0 Å². The maximum absolute atomic E-state index is 4.94. The molecule has 1 nitrogen and oxygen atoms in total. The van der Waals surface area contributed by atoms with Crippen LogP contribution in [0.2, 0.25) is 0 Å². The van der Waals surface area contributed by atoms with E-state index in [1.165, 1.54) is 0 Å². The van der Waals surface area contributed by atoms with Gasteiger partial charge in [0.1, 0.15) is 0 Å². The zero-order chi connectivity index (χ0) is 3.58. The van der Waals surface area contributed by atoms with Crippen LogP contribution >= 0.6 is 0 Å². The van der Waals surface area contributed by atoms with Gasteiger partial charge < -0.3 is 5.73 Å². The standard InChI is InChI=1S/CH3NSi2/c2-1(3)4/h1H,2H2. The van der Waals surface area contributed by atoms with Gasteiger partial charge in [-0.1, -0.05) is 0 Å². The Kier molecular flexibility index (Phi) is 1.85. The third-order valence-electron chi connectivity index (χ3n) is 0. The lowest BCUT2D eigenvalue weighted by Crippen LogP contribution is -2.18. The summed E-state index contributed by atoms with van der Waals surface area (Å²) in [5.41, 5.74) is 4.94. The first kappa shape index (κ1) is 4.39. The predicted octanol–water partition coefficient (Wildman–Crippen LogP) is -1.43. The van der Waals surface area contributed by atoms with Crippen molar-refractivity contribution in [2.75, 3.05) is 0 Å². The van der Waals surface area contributed by atoms with Crippen LogP contribution in [-0.2, 0) is 0 Å². The third-order valence-corrected chi connectivity index (χ3v) is 0. The van der Waals surface area contributed by atoms with E-state index in [4.69, 9.17) is 5.73 Å². The molecule has 0 aliphatic heterocycles. The molecule has 0 aromatic rings. The molecule has 0 bridgehead atoms. The van der Waals surface area contributed by atoms with Crippen molar-refractivity contribution in [3.8, 4) is 0 Å². The summed E-state index contributed by atoms with van der Waals surface area (Å²) in [6.07, 6.45) is 0. The molecule has 3 heteroatoms. The molecule has 0 atom stereocenters. The normalized spacial score (nSPS) is 9.00. The quantitative estimate of drug-likeness (QED) is 0.358.